The standard InChI is InChI=1S/C21H25NO3/c1-24-16-12-13-20(25-2)18(14-16)21(17-10-6-7-11-19(17)23)22-15-8-4-3-5-9-15/h3-5,8-9,12-14,17,21-22H,6-7,10-11H2,1-2H3/t17-,21+/m0/s1. The number of Topliss-reactive ketones (excluding diaryl/α,β-unsaturated/α-hetero) is 1. The lowest BCUT2D eigenvalue weighted by Crippen LogP contribution is -2.30. The molecule has 0 aromatic heterocycles. The topological polar surface area (TPSA) is 47.6 Å². The number of hydrogen-bond acceptors (Lipinski definition) is 4. The molecule has 1 N–H and O–H groups in total. The zero-order chi connectivity index (χ0) is 17.6. The maximum atomic E-state index is 12.6. The zero-order valence-corrected chi connectivity index (χ0v) is 14.8. The minimum atomic E-state index is -0.139. The third kappa shape index (κ3) is 3.95. The highest BCUT2D eigenvalue weighted by Crippen LogP contribution is 2.40. The maximum Gasteiger partial charge on any atom is 0.138 e. The first-order chi connectivity index (χ1) is 12.2. The van der Waals surface area contributed by atoms with Crippen LogP contribution in [0.5, 0.6) is 11.5 Å². The van der Waals surface area contributed by atoms with Crippen molar-refractivity contribution in [1.82, 2.24) is 0 Å². The van der Waals surface area contributed by atoms with Gasteiger partial charge in [0.2, 0.25) is 0 Å². The van der Waals surface area contributed by atoms with E-state index >= 15 is 0 Å². The van der Waals surface area contributed by atoms with Crippen LogP contribution >= 0.6 is 0 Å². The molecule has 1 aliphatic carbocycles. The fourth-order valence-corrected chi connectivity index (χ4v) is 3.55. The Morgan fingerprint density at radius 2 is 1.84 bits per heavy atom. The van der Waals surface area contributed by atoms with E-state index in [0.29, 0.717) is 12.2 Å². The molecule has 4 nitrogen and oxygen atoms in total. The van der Waals surface area contributed by atoms with Crippen LogP contribution in [0.25, 0.3) is 0 Å². The quantitative estimate of drug-likeness (QED) is 0.834. The van der Waals surface area contributed by atoms with E-state index in [1.54, 1.807) is 14.2 Å². The zero-order valence-electron chi connectivity index (χ0n) is 14.8. The molecule has 0 amide bonds. The molecule has 0 bridgehead atoms. The molecule has 2 aromatic carbocycles. The molecule has 0 saturated heterocycles. The van der Waals surface area contributed by atoms with E-state index in [4.69, 9.17) is 9.47 Å². The molecule has 1 aliphatic rings. The van der Waals surface area contributed by atoms with Crippen molar-refractivity contribution in [2.75, 3.05) is 19.5 Å². The van der Waals surface area contributed by atoms with Gasteiger partial charge in [-0.3, -0.25) is 4.79 Å². The predicted octanol–water partition coefficient (Wildman–Crippen LogP) is 4.62. The molecule has 4 heteroatoms. The molecule has 1 fully saturated rings. The molecular formula is C21H25NO3. The average molecular weight is 339 g/mol. The summed E-state index contributed by atoms with van der Waals surface area (Å²) in [6.07, 6.45) is 3.62. The lowest BCUT2D eigenvalue weighted by molar-refractivity contribution is -0.125. The molecule has 0 radical (unpaired) electrons. The summed E-state index contributed by atoms with van der Waals surface area (Å²) < 4.78 is 11.0. The van der Waals surface area contributed by atoms with Gasteiger partial charge in [-0.2, -0.15) is 0 Å². The summed E-state index contributed by atoms with van der Waals surface area (Å²) in [6, 6.07) is 15.6. The van der Waals surface area contributed by atoms with Gasteiger partial charge >= 0.3 is 0 Å². The van der Waals surface area contributed by atoms with Gasteiger partial charge in [-0.1, -0.05) is 24.6 Å². The second-order valence-electron chi connectivity index (χ2n) is 6.41. The number of rotatable bonds is 6. The molecular weight excluding hydrogens is 314 g/mol. The highest BCUT2D eigenvalue weighted by molar-refractivity contribution is 5.83. The van der Waals surface area contributed by atoms with Gasteiger partial charge in [0.25, 0.3) is 0 Å². The van der Waals surface area contributed by atoms with Crippen LogP contribution in [0.2, 0.25) is 0 Å². The van der Waals surface area contributed by atoms with E-state index < -0.39 is 0 Å². The number of ether oxygens (including phenoxy) is 2. The Labute approximate surface area is 149 Å². The lowest BCUT2D eigenvalue weighted by Gasteiger charge is -2.32. The number of ketones is 1. The summed E-state index contributed by atoms with van der Waals surface area (Å²) in [5.41, 5.74) is 1.96. The van der Waals surface area contributed by atoms with Gasteiger partial charge in [0.15, 0.2) is 0 Å². The normalized spacial score (nSPS) is 18.5. The van der Waals surface area contributed by atoms with Crippen molar-refractivity contribution in [3.8, 4) is 11.5 Å². The molecule has 132 valence electrons. The molecule has 3 rings (SSSR count). The Bertz CT molecular complexity index is 714. The largest absolute Gasteiger partial charge is 0.497 e. The lowest BCUT2D eigenvalue weighted by atomic mass is 9.79. The van der Waals surface area contributed by atoms with Crippen molar-refractivity contribution in [3.63, 3.8) is 0 Å². The molecule has 2 aromatic rings. The smallest absolute Gasteiger partial charge is 0.138 e. The molecule has 1 saturated carbocycles. The molecule has 25 heavy (non-hydrogen) atoms. The van der Waals surface area contributed by atoms with Crippen LogP contribution < -0.4 is 14.8 Å². The third-order valence-corrected chi connectivity index (χ3v) is 4.87. The average Bonchev–Trinajstić information content (AvgIpc) is 2.67. The summed E-state index contributed by atoms with van der Waals surface area (Å²) in [4.78, 5) is 12.6. The van der Waals surface area contributed by atoms with Crippen LogP contribution in [0.15, 0.2) is 48.5 Å². The first-order valence-electron chi connectivity index (χ1n) is 8.79. The first kappa shape index (κ1) is 17.3. The van der Waals surface area contributed by atoms with Gasteiger partial charge in [-0.05, 0) is 43.2 Å². The summed E-state index contributed by atoms with van der Waals surface area (Å²) in [5.74, 6) is 1.80. The van der Waals surface area contributed by atoms with E-state index in [9.17, 15) is 4.79 Å². The number of carbonyl (C=O) groups is 1. The summed E-state index contributed by atoms with van der Waals surface area (Å²) in [6.45, 7) is 0. The molecule has 2 atom stereocenters. The fourth-order valence-electron chi connectivity index (χ4n) is 3.55. The van der Waals surface area contributed by atoms with Crippen LogP contribution in [0, 0.1) is 5.92 Å². The van der Waals surface area contributed by atoms with E-state index in [1.807, 2.05) is 48.5 Å². The number of para-hydroxylation sites is 1. The monoisotopic (exact) mass is 339 g/mol. The number of carbonyl (C=O) groups excluding carboxylic acids is 1. The van der Waals surface area contributed by atoms with Crippen molar-refractivity contribution >= 4 is 11.5 Å². The predicted molar refractivity (Wildman–Crippen MR) is 99.3 cm³/mol. The van der Waals surface area contributed by atoms with Gasteiger partial charge < -0.3 is 14.8 Å². The van der Waals surface area contributed by atoms with Crippen LogP contribution in [0.3, 0.4) is 0 Å². The van der Waals surface area contributed by atoms with E-state index in [2.05, 4.69) is 5.32 Å². The minimum absolute atomic E-state index is 0.0602. The number of anilines is 1. The molecule has 0 heterocycles. The maximum absolute atomic E-state index is 12.6. The Morgan fingerprint density at radius 1 is 1.04 bits per heavy atom. The van der Waals surface area contributed by atoms with Crippen molar-refractivity contribution in [2.45, 2.75) is 31.7 Å². The summed E-state index contributed by atoms with van der Waals surface area (Å²) >= 11 is 0. The second kappa shape index (κ2) is 8.06. The van der Waals surface area contributed by atoms with Crippen LogP contribution in [0.1, 0.15) is 37.3 Å². The van der Waals surface area contributed by atoms with Gasteiger partial charge in [0.05, 0.1) is 20.3 Å². The Hall–Kier alpha value is -2.49. The Balaban J connectivity index is 2.02. The fraction of sp³-hybridized carbons (Fsp3) is 0.381. The van der Waals surface area contributed by atoms with Gasteiger partial charge in [-0.15, -0.1) is 0 Å². The SMILES string of the molecule is COc1ccc(OC)c([C@H](Nc2ccccc2)[C@H]2CCCCC2=O)c1. The summed E-state index contributed by atoms with van der Waals surface area (Å²) in [7, 11) is 3.31. The number of nitrogens with one attached hydrogen (secondary N) is 1. The van der Waals surface area contributed by atoms with Gasteiger partial charge in [-0.25, -0.2) is 0 Å². The van der Waals surface area contributed by atoms with Crippen LogP contribution in [-0.4, -0.2) is 20.0 Å². The third-order valence-electron chi connectivity index (χ3n) is 4.87. The number of methoxy groups -OCH3 is 2. The van der Waals surface area contributed by atoms with Crippen LogP contribution in [0.4, 0.5) is 5.69 Å². The second-order valence-corrected chi connectivity index (χ2v) is 6.41. The van der Waals surface area contributed by atoms with Crippen molar-refractivity contribution < 1.29 is 14.3 Å². The minimum Gasteiger partial charge on any atom is -0.497 e. The highest BCUT2D eigenvalue weighted by Gasteiger charge is 2.33. The van der Waals surface area contributed by atoms with Crippen molar-refractivity contribution in [2.24, 2.45) is 5.92 Å². The highest BCUT2D eigenvalue weighted by atomic mass is 16.5. The molecule has 0 aliphatic heterocycles. The van der Waals surface area contributed by atoms with Crippen LogP contribution in [-0.2, 0) is 4.79 Å². The number of hydrogen-bond donors (Lipinski definition) is 1. The molecule has 0 spiro atoms. The van der Waals surface area contributed by atoms with Gasteiger partial charge in [0.1, 0.15) is 17.3 Å². The van der Waals surface area contributed by atoms with E-state index in [1.165, 1.54) is 0 Å². The van der Waals surface area contributed by atoms with Crippen molar-refractivity contribution in [3.05, 3.63) is 54.1 Å². The van der Waals surface area contributed by atoms with Gasteiger partial charge in [0, 0.05) is 23.6 Å². The number of benzene rings is 2. The Kier molecular flexibility index (Phi) is 5.59. The van der Waals surface area contributed by atoms with E-state index in [-0.39, 0.29) is 12.0 Å². The first-order valence-corrected chi connectivity index (χ1v) is 8.79. The molecule has 0 unspecified atom stereocenters. The van der Waals surface area contributed by atoms with E-state index in [0.717, 1.165) is 42.0 Å². The Morgan fingerprint density at radius 3 is 2.52 bits per heavy atom. The summed E-state index contributed by atoms with van der Waals surface area (Å²) in [5, 5.41) is 3.57. The van der Waals surface area contributed by atoms with Crippen molar-refractivity contribution in [1.29, 1.82) is 0 Å².